The van der Waals surface area contributed by atoms with E-state index in [-0.39, 0.29) is 5.91 Å². The molecule has 1 fully saturated rings. The minimum absolute atomic E-state index is 0.240. The average Bonchev–Trinajstić information content (AvgIpc) is 2.77. The maximum Gasteiger partial charge on any atom is 0.328 e. The van der Waals surface area contributed by atoms with Crippen molar-refractivity contribution in [3.8, 4) is 0 Å². The van der Waals surface area contributed by atoms with Gasteiger partial charge in [0.05, 0.1) is 6.61 Å². The van der Waals surface area contributed by atoms with Gasteiger partial charge < -0.3 is 9.64 Å². The molecule has 0 spiro atoms. The van der Waals surface area contributed by atoms with Crippen molar-refractivity contribution in [3.63, 3.8) is 0 Å². The lowest BCUT2D eigenvalue weighted by molar-refractivity contribution is -0.152. The summed E-state index contributed by atoms with van der Waals surface area (Å²) in [4.78, 5) is 24.1. The van der Waals surface area contributed by atoms with E-state index < -0.39 is 36.9 Å². The third-order valence-corrected chi connectivity index (χ3v) is 2.70. The van der Waals surface area contributed by atoms with Crippen LogP contribution in [0.25, 0.3) is 0 Å². The Morgan fingerprint density at radius 1 is 1.33 bits per heavy atom. The number of carbonyl (C=O) groups is 2. The molecule has 0 unspecified atom stereocenters. The van der Waals surface area contributed by atoms with Crippen LogP contribution in [0.2, 0.25) is 0 Å². The predicted molar refractivity (Wildman–Crippen MR) is 56.3 cm³/mol. The molecular weight excluding hydrogens is 251 g/mol. The minimum atomic E-state index is -2.41. The van der Waals surface area contributed by atoms with Gasteiger partial charge in [-0.15, -0.1) is 0 Å². The summed E-state index contributed by atoms with van der Waals surface area (Å²) in [5.41, 5.74) is 0. The Labute approximate surface area is 102 Å². The molecule has 1 rings (SSSR count). The van der Waals surface area contributed by atoms with Crippen molar-refractivity contribution in [2.45, 2.75) is 32.2 Å². The van der Waals surface area contributed by atoms with Crippen LogP contribution in [0.5, 0.6) is 0 Å². The van der Waals surface area contributed by atoms with Crippen LogP contribution in [-0.2, 0) is 14.3 Å². The highest BCUT2D eigenvalue weighted by Gasteiger charge is 2.33. The van der Waals surface area contributed by atoms with E-state index >= 15 is 0 Å². The molecule has 0 bridgehead atoms. The summed E-state index contributed by atoms with van der Waals surface area (Å²) in [6, 6.07) is -0.676. The first kappa shape index (κ1) is 14.5. The topological polar surface area (TPSA) is 46.6 Å². The highest BCUT2D eigenvalue weighted by molar-refractivity contribution is 5.83. The van der Waals surface area contributed by atoms with Gasteiger partial charge in [0.2, 0.25) is 5.91 Å². The number of halogens is 3. The van der Waals surface area contributed by atoms with Crippen LogP contribution >= 0.6 is 0 Å². The molecule has 18 heavy (non-hydrogen) atoms. The van der Waals surface area contributed by atoms with E-state index in [0.29, 0.717) is 19.4 Å². The monoisotopic (exact) mass is 265 g/mol. The molecule has 4 nitrogen and oxygen atoms in total. The van der Waals surface area contributed by atoms with Gasteiger partial charge in [-0.2, -0.15) is 8.78 Å². The van der Waals surface area contributed by atoms with Gasteiger partial charge in [-0.3, -0.25) is 4.79 Å². The van der Waals surface area contributed by atoms with Crippen molar-refractivity contribution in [2.75, 3.05) is 13.2 Å². The van der Waals surface area contributed by atoms with Crippen LogP contribution in [0.4, 0.5) is 13.2 Å². The minimum Gasteiger partial charge on any atom is -0.464 e. The summed E-state index contributed by atoms with van der Waals surface area (Å²) in [7, 11) is 0. The first-order valence-corrected chi connectivity index (χ1v) is 5.57. The fraction of sp³-hybridized carbons (Fsp3) is 0.636. The normalized spacial score (nSPS) is 18.7. The lowest BCUT2D eigenvalue weighted by Gasteiger charge is -2.21. The number of likely N-dealkylation sites (tertiary alicyclic amines) is 1. The largest absolute Gasteiger partial charge is 0.464 e. The quantitative estimate of drug-likeness (QED) is 0.730. The van der Waals surface area contributed by atoms with Gasteiger partial charge in [0.25, 0.3) is 0 Å². The van der Waals surface area contributed by atoms with E-state index in [1.165, 1.54) is 11.8 Å². The molecule has 0 aromatic rings. The zero-order valence-corrected chi connectivity index (χ0v) is 9.92. The number of hydrogen-bond acceptors (Lipinski definition) is 3. The van der Waals surface area contributed by atoms with Gasteiger partial charge in [-0.25, -0.2) is 9.18 Å². The van der Waals surface area contributed by atoms with Gasteiger partial charge in [-0.05, 0) is 12.8 Å². The highest BCUT2D eigenvalue weighted by atomic mass is 19.3. The van der Waals surface area contributed by atoms with Crippen molar-refractivity contribution >= 4 is 11.9 Å². The zero-order valence-electron chi connectivity index (χ0n) is 9.92. The van der Waals surface area contributed by atoms with Crippen LogP contribution in [0.3, 0.4) is 0 Å². The summed E-state index contributed by atoms with van der Waals surface area (Å²) < 4.78 is 40.6. The molecule has 1 heterocycles. The van der Waals surface area contributed by atoms with E-state index in [2.05, 4.69) is 4.74 Å². The fourth-order valence-corrected chi connectivity index (χ4v) is 1.82. The average molecular weight is 265 g/mol. The Hall–Kier alpha value is -1.53. The number of amides is 1. The van der Waals surface area contributed by atoms with Crippen molar-refractivity contribution in [1.29, 1.82) is 0 Å². The molecule has 0 aromatic carbocycles. The third-order valence-electron chi connectivity index (χ3n) is 2.70. The Morgan fingerprint density at radius 3 is 2.56 bits per heavy atom. The molecule has 0 aromatic heterocycles. The van der Waals surface area contributed by atoms with E-state index in [1.807, 2.05) is 0 Å². The number of nitrogens with zero attached hydrogens (tertiary/aromatic N) is 1. The zero-order chi connectivity index (χ0) is 13.7. The lowest BCUT2D eigenvalue weighted by Crippen LogP contribution is -2.40. The molecule has 1 saturated heterocycles. The second-order valence-corrected chi connectivity index (χ2v) is 3.95. The number of rotatable bonds is 4. The van der Waals surface area contributed by atoms with Crippen LogP contribution in [0.15, 0.2) is 11.9 Å². The Kier molecular flexibility index (Phi) is 5.18. The van der Waals surface area contributed by atoms with E-state index in [9.17, 15) is 22.8 Å². The van der Waals surface area contributed by atoms with Gasteiger partial charge >= 0.3 is 12.0 Å². The number of ether oxygens (including phenoxy) is 1. The summed E-state index contributed by atoms with van der Waals surface area (Å²) in [5.74, 6) is -2.50. The molecule has 7 heteroatoms. The van der Waals surface area contributed by atoms with Crippen LogP contribution in [0, 0.1) is 0 Å². The van der Waals surface area contributed by atoms with Crippen LogP contribution in [-0.4, -0.2) is 36.0 Å². The van der Waals surface area contributed by atoms with Crippen molar-refractivity contribution in [3.05, 3.63) is 11.9 Å². The molecular formula is C11H14F3NO3. The highest BCUT2D eigenvalue weighted by Crippen LogP contribution is 2.19. The van der Waals surface area contributed by atoms with Gasteiger partial charge in [0.15, 0.2) is 5.83 Å². The number of esters is 1. The summed E-state index contributed by atoms with van der Waals surface area (Å²) in [6.07, 6.45) is -1.89. The first-order valence-electron chi connectivity index (χ1n) is 5.57. The molecule has 1 aliphatic rings. The lowest BCUT2D eigenvalue weighted by atomic mass is 10.2. The summed E-state index contributed by atoms with van der Waals surface area (Å²) in [6.45, 7) is 1.36. The van der Waals surface area contributed by atoms with Gasteiger partial charge in [0.1, 0.15) is 6.04 Å². The Balaban J connectivity index is 2.42. The van der Waals surface area contributed by atoms with Gasteiger partial charge in [-0.1, -0.05) is 0 Å². The molecule has 0 N–H and O–H groups in total. The Morgan fingerprint density at radius 2 is 2.00 bits per heavy atom. The molecule has 1 aliphatic heterocycles. The number of hydrogen-bond donors (Lipinski definition) is 0. The number of carbonyl (C=O) groups excluding carboxylic acids is 2. The molecule has 0 saturated carbocycles. The standard InChI is InChI=1S/C11H14F3NO3/c1-7(16)15-5-2-3-9(15)11(17)18-6-4-8(12)10(13)14/h9H,2-6H2,1H3/t9-/m0/s1. The molecule has 0 aliphatic carbocycles. The SMILES string of the molecule is CC(=O)N1CCC[C@H]1C(=O)OCCC(F)=C(F)F. The second-order valence-electron chi connectivity index (χ2n) is 3.95. The van der Waals surface area contributed by atoms with Crippen LogP contribution in [0.1, 0.15) is 26.2 Å². The summed E-state index contributed by atoms with van der Waals surface area (Å²) in [5, 5.41) is 0. The maximum absolute atomic E-state index is 12.4. The van der Waals surface area contributed by atoms with E-state index in [0.717, 1.165) is 0 Å². The first-order chi connectivity index (χ1) is 8.43. The Bertz CT molecular complexity index is 367. The maximum atomic E-state index is 12.4. The molecule has 1 amide bonds. The van der Waals surface area contributed by atoms with Crippen molar-refractivity contribution < 1.29 is 27.5 Å². The molecule has 0 radical (unpaired) electrons. The van der Waals surface area contributed by atoms with Crippen molar-refractivity contribution in [1.82, 2.24) is 4.90 Å². The second kappa shape index (κ2) is 6.42. The van der Waals surface area contributed by atoms with Gasteiger partial charge in [0, 0.05) is 19.9 Å². The van der Waals surface area contributed by atoms with Crippen molar-refractivity contribution in [2.24, 2.45) is 0 Å². The molecule has 1 atom stereocenters. The summed E-state index contributed by atoms with van der Waals surface area (Å²) >= 11 is 0. The van der Waals surface area contributed by atoms with Crippen LogP contribution < -0.4 is 0 Å². The van der Waals surface area contributed by atoms with E-state index in [4.69, 9.17) is 0 Å². The van der Waals surface area contributed by atoms with E-state index in [1.54, 1.807) is 0 Å². The fourth-order valence-electron chi connectivity index (χ4n) is 1.82. The third kappa shape index (κ3) is 3.75. The predicted octanol–water partition coefficient (Wildman–Crippen LogP) is 2.01. The smallest absolute Gasteiger partial charge is 0.328 e. The molecule has 102 valence electrons.